The molecule has 0 amide bonds. The second-order valence-corrected chi connectivity index (χ2v) is 7.85. The largest absolute Gasteiger partial charge is 0.457 e. The number of thiocarbonyl (C=S) groups is 1. The first-order valence-electron chi connectivity index (χ1n) is 10.6. The highest BCUT2D eigenvalue weighted by Crippen LogP contribution is 2.29. The van der Waals surface area contributed by atoms with E-state index in [-0.39, 0.29) is 10.4 Å². The number of unbranched alkanes of at least 4 members (excludes halogenated alkanes) is 9. The molecule has 4 nitrogen and oxygen atoms in total. The summed E-state index contributed by atoms with van der Waals surface area (Å²) in [6.07, 6.45) is 12.8. The molecule has 29 heavy (non-hydrogen) atoms. The molecule has 0 bridgehead atoms. The van der Waals surface area contributed by atoms with E-state index >= 15 is 0 Å². The molecule has 2 aromatic rings. The molecular formula is C23H31ClN2O2S. The smallest absolute Gasteiger partial charge is 0.357 e. The van der Waals surface area contributed by atoms with Crippen molar-refractivity contribution in [1.82, 2.24) is 10.2 Å². The lowest BCUT2D eigenvalue weighted by Gasteiger charge is -2.11. The average Bonchev–Trinajstić information content (AvgIpc) is 2.73. The standard InChI is InChI=1S/C23H31ClN2O2S/c1-2-3-4-5-6-7-8-9-10-14-17-27-23(29)28-20-18-21(24)25-26-22(20)19-15-12-11-13-16-19/h11-13,15-16,18H,2-10,14,17H2,1H3. The van der Waals surface area contributed by atoms with Crippen LogP contribution < -0.4 is 4.74 Å². The van der Waals surface area contributed by atoms with Gasteiger partial charge in [-0.15, -0.1) is 10.2 Å². The van der Waals surface area contributed by atoms with Gasteiger partial charge in [0.2, 0.25) is 0 Å². The second kappa shape index (κ2) is 14.3. The molecule has 0 aliphatic carbocycles. The lowest BCUT2D eigenvalue weighted by atomic mass is 10.1. The van der Waals surface area contributed by atoms with E-state index < -0.39 is 0 Å². The van der Waals surface area contributed by atoms with Gasteiger partial charge in [-0.05, 0) is 6.42 Å². The zero-order valence-corrected chi connectivity index (χ0v) is 18.8. The molecule has 0 spiro atoms. The minimum atomic E-state index is 0.0853. The number of nitrogens with zero attached hydrogens (tertiary/aromatic N) is 2. The highest BCUT2D eigenvalue weighted by Gasteiger charge is 2.13. The topological polar surface area (TPSA) is 44.2 Å². The third-order valence-corrected chi connectivity index (χ3v) is 5.07. The van der Waals surface area contributed by atoms with Crippen molar-refractivity contribution in [2.24, 2.45) is 0 Å². The fraction of sp³-hybridized carbons (Fsp3) is 0.522. The van der Waals surface area contributed by atoms with Crippen LogP contribution >= 0.6 is 23.8 Å². The van der Waals surface area contributed by atoms with E-state index in [1.807, 2.05) is 30.3 Å². The van der Waals surface area contributed by atoms with E-state index in [4.69, 9.17) is 33.3 Å². The lowest BCUT2D eigenvalue weighted by molar-refractivity contribution is 0.240. The number of ether oxygens (including phenoxy) is 2. The summed E-state index contributed by atoms with van der Waals surface area (Å²) in [7, 11) is 0. The first-order valence-corrected chi connectivity index (χ1v) is 11.4. The molecule has 1 aromatic heterocycles. The molecule has 0 unspecified atom stereocenters. The van der Waals surface area contributed by atoms with Crippen molar-refractivity contribution in [1.29, 1.82) is 0 Å². The molecule has 0 saturated heterocycles. The molecule has 0 atom stereocenters. The highest BCUT2D eigenvalue weighted by molar-refractivity contribution is 7.79. The fourth-order valence-electron chi connectivity index (χ4n) is 3.09. The van der Waals surface area contributed by atoms with Gasteiger partial charge < -0.3 is 9.47 Å². The van der Waals surface area contributed by atoms with Gasteiger partial charge in [0, 0.05) is 23.8 Å². The summed E-state index contributed by atoms with van der Waals surface area (Å²) in [5.74, 6) is 0.448. The molecule has 158 valence electrons. The molecule has 0 saturated carbocycles. The summed E-state index contributed by atoms with van der Waals surface area (Å²) in [4.78, 5) is 0. The van der Waals surface area contributed by atoms with Crippen LogP contribution in [-0.4, -0.2) is 22.0 Å². The van der Waals surface area contributed by atoms with Crippen LogP contribution in [0.5, 0.6) is 5.75 Å². The predicted molar refractivity (Wildman–Crippen MR) is 124 cm³/mol. The Hall–Kier alpha value is -1.72. The normalized spacial score (nSPS) is 10.7. The summed E-state index contributed by atoms with van der Waals surface area (Å²) < 4.78 is 11.3. The summed E-state index contributed by atoms with van der Waals surface area (Å²) in [6, 6.07) is 11.3. The van der Waals surface area contributed by atoms with Crippen LogP contribution in [0.15, 0.2) is 36.4 Å². The molecule has 0 radical (unpaired) electrons. The molecule has 0 aliphatic rings. The van der Waals surface area contributed by atoms with Gasteiger partial charge in [-0.1, -0.05) is 107 Å². The van der Waals surface area contributed by atoms with Crippen LogP contribution in [0.4, 0.5) is 0 Å². The molecule has 0 aliphatic heterocycles. The van der Waals surface area contributed by atoms with Crippen molar-refractivity contribution in [3.8, 4) is 17.0 Å². The Bertz CT molecular complexity index is 728. The zero-order chi connectivity index (χ0) is 20.7. The van der Waals surface area contributed by atoms with Crippen molar-refractivity contribution < 1.29 is 9.47 Å². The van der Waals surface area contributed by atoms with Crippen LogP contribution in [0.3, 0.4) is 0 Å². The molecule has 6 heteroatoms. The summed E-state index contributed by atoms with van der Waals surface area (Å²) in [6.45, 7) is 2.81. The van der Waals surface area contributed by atoms with Crippen molar-refractivity contribution in [2.75, 3.05) is 6.61 Å². The molecular weight excluding hydrogens is 404 g/mol. The van der Waals surface area contributed by atoms with E-state index in [1.165, 1.54) is 51.4 Å². The number of rotatable bonds is 13. The number of hydrogen-bond acceptors (Lipinski definition) is 5. The number of aromatic nitrogens is 2. The number of hydrogen-bond donors (Lipinski definition) is 0. The molecule has 1 aromatic carbocycles. The minimum Gasteiger partial charge on any atom is -0.457 e. The summed E-state index contributed by atoms with van der Waals surface area (Å²) >= 11 is 11.2. The third-order valence-electron chi connectivity index (χ3n) is 4.69. The number of benzene rings is 1. The Morgan fingerprint density at radius 2 is 1.52 bits per heavy atom. The summed E-state index contributed by atoms with van der Waals surface area (Å²) in [5.41, 5.74) is 1.46. The van der Waals surface area contributed by atoms with Crippen LogP contribution in [0.25, 0.3) is 11.3 Å². The van der Waals surface area contributed by atoms with Crippen molar-refractivity contribution >= 4 is 29.1 Å². The SMILES string of the molecule is CCCCCCCCCCCCOC(=S)Oc1cc(Cl)nnc1-c1ccccc1. The van der Waals surface area contributed by atoms with Gasteiger partial charge >= 0.3 is 5.24 Å². The zero-order valence-electron chi connectivity index (χ0n) is 17.2. The quantitative estimate of drug-likeness (QED) is 0.242. The highest BCUT2D eigenvalue weighted by atomic mass is 35.5. The molecule has 2 rings (SSSR count). The maximum Gasteiger partial charge on any atom is 0.357 e. The van der Waals surface area contributed by atoms with Gasteiger partial charge in [-0.25, -0.2) is 0 Å². The van der Waals surface area contributed by atoms with Crippen LogP contribution in [0.1, 0.15) is 71.1 Å². The predicted octanol–water partition coefficient (Wildman–Crippen LogP) is 7.40. The third kappa shape index (κ3) is 9.55. The van der Waals surface area contributed by atoms with E-state index in [0.29, 0.717) is 18.1 Å². The van der Waals surface area contributed by atoms with Crippen LogP contribution in [0, 0.1) is 0 Å². The van der Waals surface area contributed by atoms with Crippen molar-refractivity contribution in [2.45, 2.75) is 71.1 Å². The summed E-state index contributed by atoms with van der Waals surface area (Å²) in [5, 5.41) is 8.38. The first kappa shape index (κ1) is 23.6. The van der Waals surface area contributed by atoms with Crippen LogP contribution in [0.2, 0.25) is 5.15 Å². The van der Waals surface area contributed by atoms with Crippen molar-refractivity contribution in [3.05, 3.63) is 41.6 Å². The van der Waals surface area contributed by atoms with E-state index in [9.17, 15) is 0 Å². The van der Waals surface area contributed by atoms with Gasteiger partial charge in [0.05, 0.1) is 6.61 Å². The minimum absolute atomic E-state index is 0.0853. The van der Waals surface area contributed by atoms with Gasteiger partial charge in [0.1, 0.15) is 5.69 Å². The Kier molecular flexibility index (Phi) is 11.6. The second-order valence-electron chi connectivity index (χ2n) is 7.13. The van der Waals surface area contributed by atoms with E-state index in [0.717, 1.165) is 18.4 Å². The van der Waals surface area contributed by atoms with Crippen molar-refractivity contribution in [3.63, 3.8) is 0 Å². The monoisotopic (exact) mass is 434 g/mol. The Labute approximate surface area is 185 Å². The van der Waals surface area contributed by atoms with E-state index in [2.05, 4.69) is 17.1 Å². The molecule has 0 N–H and O–H groups in total. The van der Waals surface area contributed by atoms with Gasteiger partial charge in [0.15, 0.2) is 10.9 Å². The Morgan fingerprint density at radius 1 is 0.897 bits per heavy atom. The van der Waals surface area contributed by atoms with Gasteiger partial charge in [-0.2, -0.15) is 0 Å². The fourth-order valence-corrected chi connectivity index (χ4v) is 3.40. The van der Waals surface area contributed by atoms with Gasteiger partial charge in [0.25, 0.3) is 0 Å². The van der Waals surface area contributed by atoms with Crippen LogP contribution in [-0.2, 0) is 4.74 Å². The number of halogens is 1. The molecule has 0 fully saturated rings. The lowest BCUT2D eigenvalue weighted by Crippen LogP contribution is -2.12. The Balaban J connectivity index is 1.65. The maximum atomic E-state index is 5.97. The molecule has 1 heterocycles. The Morgan fingerprint density at radius 3 is 2.17 bits per heavy atom. The first-order chi connectivity index (χ1) is 14.2. The van der Waals surface area contributed by atoms with E-state index in [1.54, 1.807) is 6.07 Å². The van der Waals surface area contributed by atoms with Gasteiger partial charge in [-0.3, -0.25) is 0 Å². The maximum absolute atomic E-state index is 5.97. The average molecular weight is 435 g/mol.